The van der Waals surface area contributed by atoms with Gasteiger partial charge in [0.05, 0.1) is 24.1 Å². The number of benzene rings is 1. The minimum Gasteiger partial charge on any atom is -0.492 e. The quantitative estimate of drug-likeness (QED) is 0.725. The Morgan fingerprint density at radius 3 is 2.76 bits per heavy atom. The highest BCUT2D eigenvalue weighted by molar-refractivity contribution is 6.14. The van der Waals surface area contributed by atoms with Gasteiger partial charge in [-0.1, -0.05) is 6.92 Å². The summed E-state index contributed by atoms with van der Waals surface area (Å²) in [5.74, 6) is 1.57. The predicted molar refractivity (Wildman–Crippen MR) is 104 cm³/mol. The molecule has 1 aliphatic heterocycles. The second-order valence-electron chi connectivity index (χ2n) is 7.07. The number of amides is 3. The Labute approximate surface area is 168 Å². The summed E-state index contributed by atoms with van der Waals surface area (Å²) in [5, 5.41) is 11.6. The Bertz CT molecular complexity index is 979. The number of pyridine rings is 1. The zero-order valence-electron chi connectivity index (χ0n) is 15.9. The zero-order valence-corrected chi connectivity index (χ0v) is 15.9. The highest BCUT2D eigenvalue weighted by Crippen LogP contribution is 2.33. The van der Waals surface area contributed by atoms with Crippen molar-refractivity contribution in [1.29, 1.82) is 5.26 Å². The molecule has 1 aliphatic carbocycles. The van der Waals surface area contributed by atoms with Gasteiger partial charge in [0, 0.05) is 12.1 Å². The fourth-order valence-electron chi connectivity index (χ4n) is 3.14. The second kappa shape index (κ2) is 7.80. The number of urea groups is 1. The molecule has 148 valence electrons. The summed E-state index contributed by atoms with van der Waals surface area (Å²) in [5.41, 5.74) is 0.970. The van der Waals surface area contributed by atoms with Gasteiger partial charge in [-0.25, -0.2) is 9.78 Å². The van der Waals surface area contributed by atoms with Crippen LogP contribution < -0.4 is 19.7 Å². The SMILES string of the molecule is CC[C@@H]1C(=O)NC(=O)N1c1ccc(Oc2ccc(C#N)c(OCC3CC3)c2)nc1. The first-order chi connectivity index (χ1) is 14.1. The number of nitrogens with zero attached hydrogens (tertiary/aromatic N) is 3. The van der Waals surface area contributed by atoms with Crippen LogP contribution in [0.2, 0.25) is 0 Å². The van der Waals surface area contributed by atoms with Gasteiger partial charge in [-0.2, -0.15) is 5.26 Å². The van der Waals surface area contributed by atoms with E-state index in [1.807, 2.05) is 6.92 Å². The average molecular weight is 392 g/mol. The third-order valence-corrected chi connectivity index (χ3v) is 4.92. The molecule has 0 spiro atoms. The van der Waals surface area contributed by atoms with Crippen molar-refractivity contribution in [3.05, 3.63) is 42.1 Å². The van der Waals surface area contributed by atoms with E-state index in [9.17, 15) is 14.9 Å². The van der Waals surface area contributed by atoms with Crippen LogP contribution in [0, 0.1) is 17.2 Å². The Morgan fingerprint density at radius 1 is 1.28 bits per heavy atom. The van der Waals surface area contributed by atoms with Crippen molar-refractivity contribution in [2.75, 3.05) is 11.5 Å². The molecule has 1 aromatic carbocycles. The third kappa shape index (κ3) is 3.99. The summed E-state index contributed by atoms with van der Waals surface area (Å²) in [6.45, 7) is 2.44. The molecule has 2 fully saturated rings. The maximum Gasteiger partial charge on any atom is 0.329 e. The molecule has 2 aliphatic rings. The van der Waals surface area contributed by atoms with Gasteiger partial charge in [0.2, 0.25) is 5.88 Å². The molecule has 2 aromatic rings. The number of hydrogen-bond acceptors (Lipinski definition) is 6. The van der Waals surface area contributed by atoms with Gasteiger partial charge in [0.25, 0.3) is 5.91 Å². The van der Waals surface area contributed by atoms with Gasteiger partial charge in [0.1, 0.15) is 23.6 Å². The fourth-order valence-corrected chi connectivity index (χ4v) is 3.14. The Hall–Kier alpha value is -3.60. The van der Waals surface area contributed by atoms with E-state index in [1.165, 1.54) is 11.1 Å². The van der Waals surface area contributed by atoms with E-state index in [0.29, 0.717) is 47.6 Å². The molecular weight excluding hydrogens is 372 g/mol. The van der Waals surface area contributed by atoms with E-state index in [4.69, 9.17) is 9.47 Å². The van der Waals surface area contributed by atoms with Gasteiger partial charge in [0.15, 0.2) is 0 Å². The number of rotatable bonds is 7. The maximum absolute atomic E-state index is 12.0. The molecule has 1 atom stereocenters. The molecule has 1 N–H and O–H groups in total. The number of nitrogens with one attached hydrogen (secondary N) is 1. The minimum atomic E-state index is -0.541. The molecule has 8 heteroatoms. The Morgan fingerprint density at radius 2 is 2.10 bits per heavy atom. The van der Waals surface area contributed by atoms with Crippen molar-refractivity contribution in [2.24, 2.45) is 5.92 Å². The van der Waals surface area contributed by atoms with Crippen molar-refractivity contribution in [1.82, 2.24) is 10.3 Å². The molecular formula is C21H20N4O4. The van der Waals surface area contributed by atoms with E-state index in [-0.39, 0.29) is 5.91 Å². The van der Waals surface area contributed by atoms with Crippen LogP contribution in [-0.2, 0) is 4.79 Å². The number of imide groups is 1. The van der Waals surface area contributed by atoms with Crippen LogP contribution in [0.1, 0.15) is 31.7 Å². The van der Waals surface area contributed by atoms with Gasteiger partial charge in [-0.15, -0.1) is 0 Å². The number of hydrogen-bond donors (Lipinski definition) is 1. The second-order valence-corrected chi connectivity index (χ2v) is 7.07. The molecule has 0 bridgehead atoms. The number of aromatic nitrogens is 1. The van der Waals surface area contributed by atoms with Crippen molar-refractivity contribution in [3.8, 4) is 23.4 Å². The summed E-state index contributed by atoms with van der Waals surface area (Å²) in [4.78, 5) is 29.5. The molecule has 4 rings (SSSR count). The molecule has 8 nitrogen and oxygen atoms in total. The monoisotopic (exact) mass is 392 g/mol. The van der Waals surface area contributed by atoms with Crippen LogP contribution in [0.4, 0.5) is 10.5 Å². The van der Waals surface area contributed by atoms with Crippen LogP contribution in [0.15, 0.2) is 36.5 Å². The van der Waals surface area contributed by atoms with Gasteiger partial charge < -0.3 is 9.47 Å². The van der Waals surface area contributed by atoms with E-state index < -0.39 is 12.1 Å². The van der Waals surface area contributed by atoms with Crippen LogP contribution in [-0.4, -0.2) is 29.6 Å². The van der Waals surface area contributed by atoms with Crippen molar-refractivity contribution < 1.29 is 19.1 Å². The summed E-state index contributed by atoms with van der Waals surface area (Å²) in [6, 6.07) is 9.43. The first-order valence-electron chi connectivity index (χ1n) is 9.54. The standard InChI is InChI=1S/C21H20N4O4/c1-2-17-20(26)24-21(27)25(17)15-6-8-19(23-11-15)29-16-7-5-14(10-22)18(9-16)28-12-13-3-4-13/h5-9,11,13,17H,2-4,12H2,1H3,(H,24,26,27)/t17-/m1/s1. The largest absolute Gasteiger partial charge is 0.492 e. The molecule has 2 heterocycles. The van der Waals surface area contributed by atoms with Crippen molar-refractivity contribution in [3.63, 3.8) is 0 Å². The average Bonchev–Trinajstić information content (AvgIpc) is 3.51. The summed E-state index contributed by atoms with van der Waals surface area (Å²) >= 11 is 0. The molecule has 1 aromatic heterocycles. The molecule has 0 radical (unpaired) electrons. The lowest BCUT2D eigenvalue weighted by molar-refractivity contribution is -0.119. The van der Waals surface area contributed by atoms with Crippen molar-refractivity contribution in [2.45, 2.75) is 32.2 Å². The Balaban J connectivity index is 1.48. The van der Waals surface area contributed by atoms with E-state index in [0.717, 1.165) is 12.8 Å². The molecule has 29 heavy (non-hydrogen) atoms. The topological polar surface area (TPSA) is 105 Å². The predicted octanol–water partition coefficient (Wildman–Crippen LogP) is 3.37. The summed E-state index contributed by atoms with van der Waals surface area (Å²) in [7, 11) is 0. The van der Waals surface area contributed by atoms with E-state index in [2.05, 4.69) is 16.4 Å². The third-order valence-electron chi connectivity index (χ3n) is 4.92. The lowest BCUT2D eigenvalue weighted by atomic mass is 10.2. The number of nitriles is 1. The molecule has 0 unspecified atom stereocenters. The first-order valence-corrected chi connectivity index (χ1v) is 9.54. The maximum atomic E-state index is 12.0. The highest BCUT2D eigenvalue weighted by Gasteiger charge is 2.38. The summed E-state index contributed by atoms with van der Waals surface area (Å²) < 4.78 is 11.5. The van der Waals surface area contributed by atoms with Gasteiger partial charge in [-0.05, 0) is 43.4 Å². The molecule has 1 saturated carbocycles. The minimum absolute atomic E-state index is 0.311. The number of carbonyl (C=O) groups is 2. The number of ether oxygens (including phenoxy) is 2. The van der Waals surface area contributed by atoms with Crippen molar-refractivity contribution >= 4 is 17.6 Å². The van der Waals surface area contributed by atoms with E-state index in [1.54, 1.807) is 30.3 Å². The summed E-state index contributed by atoms with van der Waals surface area (Å²) in [6.07, 6.45) is 4.32. The van der Waals surface area contributed by atoms with Gasteiger partial charge in [-0.3, -0.25) is 15.0 Å². The number of anilines is 1. The van der Waals surface area contributed by atoms with Gasteiger partial charge >= 0.3 is 6.03 Å². The first kappa shape index (κ1) is 18.7. The number of carbonyl (C=O) groups excluding carboxylic acids is 2. The highest BCUT2D eigenvalue weighted by atomic mass is 16.5. The van der Waals surface area contributed by atoms with Crippen LogP contribution in [0.5, 0.6) is 17.4 Å². The lowest BCUT2D eigenvalue weighted by Gasteiger charge is -2.20. The van der Waals surface area contributed by atoms with Crippen LogP contribution in [0.25, 0.3) is 0 Å². The fraction of sp³-hybridized carbons (Fsp3) is 0.333. The molecule has 1 saturated heterocycles. The van der Waals surface area contributed by atoms with E-state index >= 15 is 0 Å². The Kier molecular flexibility index (Phi) is 5.04. The lowest BCUT2D eigenvalue weighted by Crippen LogP contribution is -2.34. The molecule has 3 amide bonds. The zero-order chi connectivity index (χ0) is 20.4. The normalized spacial score (nSPS) is 18.3. The smallest absolute Gasteiger partial charge is 0.329 e. The van der Waals surface area contributed by atoms with Crippen LogP contribution >= 0.6 is 0 Å². The van der Waals surface area contributed by atoms with Crippen LogP contribution in [0.3, 0.4) is 0 Å².